The molecule has 0 spiro atoms. The molecule has 0 amide bonds. The van der Waals surface area contributed by atoms with Crippen molar-refractivity contribution >= 4 is 23.2 Å². The van der Waals surface area contributed by atoms with Crippen LogP contribution < -0.4 is 0 Å². The summed E-state index contributed by atoms with van der Waals surface area (Å²) in [5, 5.41) is 9.28. The van der Waals surface area contributed by atoms with Gasteiger partial charge in [0.25, 0.3) is 5.89 Å². The predicted octanol–water partition coefficient (Wildman–Crippen LogP) is 4.96. The smallest absolute Gasteiger partial charge is 0.258 e. The lowest BCUT2D eigenvalue weighted by molar-refractivity contribution is 0.432. The Labute approximate surface area is 153 Å². The average Bonchev–Trinajstić information content (AvgIpc) is 3.27. The summed E-state index contributed by atoms with van der Waals surface area (Å²) in [5.41, 5.74) is 2.60. The molecule has 0 atom stereocenters. The first-order valence-corrected chi connectivity index (χ1v) is 8.30. The first-order chi connectivity index (χ1) is 12.2. The maximum Gasteiger partial charge on any atom is 0.258 e. The summed E-state index contributed by atoms with van der Waals surface area (Å²) in [6, 6.07) is 15.0. The minimum absolute atomic E-state index is 0.425. The summed E-state index contributed by atoms with van der Waals surface area (Å²) >= 11 is 12.1. The van der Waals surface area contributed by atoms with Gasteiger partial charge in [-0.15, -0.1) is 0 Å². The van der Waals surface area contributed by atoms with Gasteiger partial charge >= 0.3 is 0 Å². The quantitative estimate of drug-likeness (QED) is 0.509. The largest absolute Gasteiger partial charge is 0.334 e. The lowest BCUT2D eigenvalue weighted by Gasteiger charge is -2.03. The highest BCUT2D eigenvalue weighted by Gasteiger charge is 2.14. The van der Waals surface area contributed by atoms with Crippen LogP contribution in [0.1, 0.15) is 5.56 Å². The number of nitrogens with zero attached hydrogens (tertiary/aromatic N) is 4. The van der Waals surface area contributed by atoms with Gasteiger partial charge in [-0.2, -0.15) is 10.1 Å². The Morgan fingerprint density at radius 1 is 1.04 bits per heavy atom. The van der Waals surface area contributed by atoms with Gasteiger partial charge in [0.2, 0.25) is 5.82 Å². The van der Waals surface area contributed by atoms with Crippen molar-refractivity contribution in [1.82, 2.24) is 19.9 Å². The van der Waals surface area contributed by atoms with E-state index < -0.39 is 0 Å². The molecular weight excluding hydrogens is 359 g/mol. The molecule has 0 saturated carbocycles. The van der Waals surface area contributed by atoms with Gasteiger partial charge in [-0.25, -0.2) is 0 Å². The van der Waals surface area contributed by atoms with Crippen molar-refractivity contribution in [3.8, 4) is 22.8 Å². The SMILES string of the molecule is Clc1ccc(-c2noc(-c3cccc(Cn4cccn4)c3)n2)c(Cl)c1. The third-order valence-corrected chi connectivity index (χ3v) is 4.22. The second kappa shape index (κ2) is 6.70. The number of aromatic nitrogens is 4. The van der Waals surface area contributed by atoms with E-state index in [9.17, 15) is 0 Å². The van der Waals surface area contributed by atoms with Crippen molar-refractivity contribution in [2.24, 2.45) is 0 Å². The standard InChI is InChI=1S/C18H12Cl2N4O/c19-14-5-6-15(16(20)10-14)17-22-18(25-23-17)13-4-1-3-12(9-13)11-24-8-2-7-21-24/h1-10H,11H2. The number of hydrogen-bond acceptors (Lipinski definition) is 4. The Morgan fingerprint density at radius 2 is 1.96 bits per heavy atom. The number of rotatable bonds is 4. The van der Waals surface area contributed by atoms with E-state index in [4.69, 9.17) is 27.7 Å². The second-order valence-corrected chi connectivity index (χ2v) is 6.29. The predicted molar refractivity (Wildman–Crippen MR) is 96.5 cm³/mol. The molecule has 0 N–H and O–H groups in total. The van der Waals surface area contributed by atoms with Gasteiger partial charge in [-0.05, 0) is 42.0 Å². The van der Waals surface area contributed by atoms with Crippen LogP contribution in [-0.2, 0) is 6.54 Å². The number of hydrogen-bond donors (Lipinski definition) is 0. The summed E-state index contributed by atoms with van der Waals surface area (Å²) < 4.78 is 7.26. The molecule has 0 unspecified atom stereocenters. The van der Waals surface area contributed by atoms with E-state index in [-0.39, 0.29) is 0 Å². The molecule has 0 aliphatic rings. The third kappa shape index (κ3) is 3.43. The summed E-state index contributed by atoms with van der Waals surface area (Å²) in [4.78, 5) is 4.45. The van der Waals surface area contributed by atoms with Crippen molar-refractivity contribution in [2.75, 3.05) is 0 Å². The zero-order valence-corrected chi connectivity index (χ0v) is 14.4. The fourth-order valence-electron chi connectivity index (χ4n) is 2.50. The summed E-state index contributed by atoms with van der Waals surface area (Å²) in [7, 11) is 0. The molecular formula is C18H12Cl2N4O. The van der Waals surface area contributed by atoms with Gasteiger partial charge in [-0.1, -0.05) is 40.5 Å². The van der Waals surface area contributed by atoms with E-state index in [0.29, 0.717) is 33.9 Å². The minimum atomic E-state index is 0.425. The van der Waals surface area contributed by atoms with Crippen LogP contribution in [0.4, 0.5) is 0 Å². The van der Waals surface area contributed by atoms with Gasteiger partial charge < -0.3 is 4.52 Å². The maximum atomic E-state index is 6.21. The molecule has 0 bridgehead atoms. The molecule has 0 fully saturated rings. The molecule has 2 aromatic carbocycles. The minimum Gasteiger partial charge on any atom is -0.334 e. The number of benzene rings is 2. The highest BCUT2D eigenvalue weighted by molar-refractivity contribution is 6.36. The lowest BCUT2D eigenvalue weighted by atomic mass is 10.1. The van der Waals surface area contributed by atoms with E-state index in [1.54, 1.807) is 24.4 Å². The van der Waals surface area contributed by atoms with Crippen LogP contribution in [0.15, 0.2) is 65.4 Å². The van der Waals surface area contributed by atoms with Crippen LogP contribution in [0.5, 0.6) is 0 Å². The Hall–Kier alpha value is -2.63. The molecule has 0 aliphatic carbocycles. The lowest BCUT2D eigenvalue weighted by Crippen LogP contribution is -1.99. The van der Waals surface area contributed by atoms with Crippen molar-refractivity contribution in [1.29, 1.82) is 0 Å². The van der Waals surface area contributed by atoms with E-state index in [2.05, 4.69) is 15.2 Å². The van der Waals surface area contributed by atoms with Crippen LogP contribution in [0.2, 0.25) is 10.0 Å². The van der Waals surface area contributed by atoms with Crippen molar-refractivity contribution in [3.63, 3.8) is 0 Å². The maximum absolute atomic E-state index is 6.21. The Kier molecular flexibility index (Phi) is 4.26. The van der Waals surface area contributed by atoms with Crippen LogP contribution in [0.25, 0.3) is 22.8 Å². The molecule has 2 heterocycles. The van der Waals surface area contributed by atoms with Crippen molar-refractivity contribution in [3.05, 3.63) is 76.5 Å². The molecule has 124 valence electrons. The van der Waals surface area contributed by atoms with Crippen molar-refractivity contribution in [2.45, 2.75) is 6.54 Å². The van der Waals surface area contributed by atoms with Crippen LogP contribution in [0.3, 0.4) is 0 Å². The first kappa shape index (κ1) is 15.9. The van der Waals surface area contributed by atoms with E-state index >= 15 is 0 Å². The molecule has 0 aliphatic heterocycles. The van der Waals surface area contributed by atoms with Crippen LogP contribution in [0, 0.1) is 0 Å². The molecule has 0 radical (unpaired) electrons. The summed E-state index contributed by atoms with van der Waals surface area (Å²) in [6.07, 6.45) is 3.67. The Bertz CT molecular complexity index is 1010. The highest BCUT2D eigenvalue weighted by Crippen LogP contribution is 2.30. The molecule has 4 aromatic rings. The second-order valence-electron chi connectivity index (χ2n) is 5.45. The monoisotopic (exact) mass is 370 g/mol. The van der Waals surface area contributed by atoms with E-state index in [1.165, 1.54) is 0 Å². The fraction of sp³-hybridized carbons (Fsp3) is 0.0556. The molecule has 0 saturated heterocycles. The first-order valence-electron chi connectivity index (χ1n) is 7.55. The zero-order chi connectivity index (χ0) is 17.2. The molecule has 5 nitrogen and oxygen atoms in total. The average molecular weight is 371 g/mol. The molecule has 4 rings (SSSR count). The summed E-state index contributed by atoms with van der Waals surface area (Å²) in [6.45, 7) is 0.671. The van der Waals surface area contributed by atoms with Crippen LogP contribution >= 0.6 is 23.2 Å². The van der Waals surface area contributed by atoms with Gasteiger partial charge in [0.05, 0.1) is 11.6 Å². The summed E-state index contributed by atoms with van der Waals surface area (Å²) in [5.74, 6) is 0.859. The normalized spacial score (nSPS) is 11.0. The van der Waals surface area contributed by atoms with Gasteiger partial charge in [-0.3, -0.25) is 4.68 Å². The van der Waals surface area contributed by atoms with E-state index in [1.807, 2.05) is 41.2 Å². The van der Waals surface area contributed by atoms with Gasteiger partial charge in [0.15, 0.2) is 0 Å². The molecule has 2 aromatic heterocycles. The van der Waals surface area contributed by atoms with Gasteiger partial charge in [0.1, 0.15) is 0 Å². The van der Waals surface area contributed by atoms with Crippen LogP contribution in [-0.4, -0.2) is 19.9 Å². The van der Waals surface area contributed by atoms with Crippen molar-refractivity contribution < 1.29 is 4.52 Å². The van der Waals surface area contributed by atoms with E-state index in [0.717, 1.165) is 11.1 Å². The number of halogens is 2. The molecule has 7 heteroatoms. The topological polar surface area (TPSA) is 56.7 Å². The zero-order valence-electron chi connectivity index (χ0n) is 12.9. The fourth-order valence-corrected chi connectivity index (χ4v) is 3.00. The molecule has 25 heavy (non-hydrogen) atoms. The Balaban J connectivity index is 1.64. The Morgan fingerprint density at radius 3 is 2.76 bits per heavy atom. The highest BCUT2D eigenvalue weighted by atomic mass is 35.5. The van der Waals surface area contributed by atoms with Gasteiger partial charge in [0, 0.05) is 28.5 Å². The third-order valence-electron chi connectivity index (χ3n) is 3.68.